The number of aryl methyl sites for hydroxylation is 1. The van der Waals surface area contributed by atoms with E-state index in [0.717, 1.165) is 20.1 Å². The number of carbonyl (C=O) groups excluding carboxylic acids is 1. The van der Waals surface area contributed by atoms with Gasteiger partial charge in [-0.1, -0.05) is 30.0 Å². The number of aromatic nitrogens is 3. The molecule has 0 bridgehead atoms. The molecule has 4 nitrogen and oxygen atoms in total. The summed E-state index contributed by atoms with van der Waals surface area (Å²) in [5.41, 5.74) is 0.726. The zero-order valence-electron chi connectivity index (χ0n) is 11.0. The molecule has 1 aromatic carbocycles. The molecule has 0 spiro atoms. The summed E-state index contributed by atoms with van der Waals surface area (Å²) in [6, 6.07) is 7.57. The number of hydrogen-bond donors (Lipinski definition) is 0. The van der Waals surface area contributed by atoms with Crippen LogP contribution in [0.1, 0.15) is 16.2 Å². The van der Waals surface area contributed by atoms with Crippen molar-refractivity contribution in [2.24, 2.45) is 0 Å². The van der Waals surface area contributed by atoms with Crippen LogP contribution in [0.15, 0.2) is 42.1 Å². The molecule has 104 valence electrons. The third-order valence-corrected chi connectivity index (χ3v) is 4.40. The number of allylic oxidation sites excluding steroid dienone is 1. The van der Waals surface area contributed by atoms with Crippen molar-refractivity contribution in [3.8, 4) is 0 Å². The highest BCUT2D eigenvalue weighted by Gasteiger charge is 2.12. The summed E-state index contributed by atoms with van der Waals surface area (Å²) in [6.45, 7) is 6.26. The molecular weight excluding hydrogens is 385 g/mol. The summed E-state index contributed by atoms with van der Waals surface area (Å²) in [5, 5.41) is 8.87. The third kappa shape index (κ3) is 3.69. The Morgan fingerprint density at radius 1 is 1.40 bits per heavy atom. The van der Waals surface area contributed by atoms with E-state index in [1.807, 2.05) is 35.8 Å². The van der Waals surface area contributed by atoms with E-state index in [2.05, 4.69) is 39.4 Å². The fourth-order valence-electron chi connectivity index (χ4n) is 1.66. The maximum atomic E-state index is 12.1. The molecule has 0 saturated heterocycles. The Balaban J connectivity index is 2.03. The molecule has 0 unspecified atom stereocenters. The minimum absolute atomic E-state index is 0.0946. The lowest BCUT2D eigenvalue weighted by molar-refractivity contribution is 0.102. The van der Waals surface area contributed by atoms with Gasteiger partial charge in [-0.2, -0.15) is 0 Å². The van der Waals surface area contributed by atoms with Gasteiger partial charge in [-0.3, -0.25) is 4.79 Å². The van der Waals surface area contributed by atoms with Gasteiger partial charge in [0.05, 0.1) is 5.75 Å². The summed E-state index contributed by atoms with van der Waals surface area (Å²) >= 11 is 3.62. The molecule has 0 saturated carbocycles. The number of carbonyl (C=O) groups is 1. The van der Waals surface area contributed by atoms with Crippen LogP contribution >= 0.6 is 34.4 Å². The standard InChI is InChI=1S/C14H14IN3OS/c1-3-8-18-10(2)16-17-14(18)20-9-13(19)11-4-6-12(15)7-5-11/h3-7H,1,8-9H2,2H3. The van der Waals surface area contributed by atoms with Gasteiger partial charge in [0.1, 0.15) is 5.82 Å². The predicted molar refractivity (Wildman–Crippen MR) is 89.2 cm³/mol. The number of halogens is 1. The first-order chi connectivity index (χ1) is 9.61. The van der Waals surface area contributed by atoms with Gasteiger partial charge in [-0.05, 0) is 41.6 Å². The number of benzene rings is 1. The van der Waals surface area contributed by atoms with Crippen molar-refractivity contribution in [2.75, 3.05) is 5.75 Å². The van der Waals surface area contributed by atoms with Gasteiger partial charge in [-0.25, -0.2) is 0 Å². The Bertz CT molecular complexity index is 622. The first kappa shape index (κ1) is 15.2. The highest BCUT2D eigenvalue weighted by Crippen LogP contribution is 2.19. The highest BCUT2D eigenvalue weighted by atomic mass is 127. The smallest absolute Gasteiger partial charge is 0.191 e. The lowest BCUT2D eigenvalue weighted by Crippen LogP contribution is -2.05. The van der Waals surface area contributed by atoms with Crippen molar-refractivity contribution in [2.45, 2.75) is 18.6 Å². The third-order valence-electron chi connectivity index (χ3n) is 2.71. The average molecular weight is 399 g/mol. The molecule has 0 radical (unpaired) electrons. The number of rotatable bonds is 6. The molecule has 2 aromatic rings. The molecule has 1 aromatic heterocycles. The van der Waals surface area contributed by atoms with Gasteiger partial charge in [0.25, 0.3) is 0 Å². The van der Waals surface area contributed by atoms with E-state index in [1.54, 1.807) is 6.08 Å². The van der Waals surface area contributed by atoms with Crippen LogP contribution in [-0.2, 0) is 6.54 Å². The summed E-state index contributed by atoms with van der Waals surface area (Å²) in [5.74, 6) is 1.28. The second-order valence-corrected chi connectivity index (χ2v) is 6.34. The quantitative estimate of drug-likeness (QED) is 0.324. The van der Waals surface area contributed by atoms with Crippen LogP contribution in [0.2, 0.25) is 0 Å². The van der Waals surface area contributed by atoms with Gasteiger partial charge in [0.2, 0.25) is 0 Å². The largest absolute Gasteiger partial charge is 0.302 e. The maximum Gasteiger partial charge on any atom is 0.191 e. The van der Waals surface area contributed by atoms with Gasteiger partial charge in [-0.15, -0.1) is 16.8 Å². The van der Waals surface area contributed by atoms with Gasteiger partial charge in [0, 0.05) is 15.7 Å². The summed E-state index contributed by atoms with van der Waals surface area (Å²) in [6.07, 6.45) is 1.79. The van der Waals surface area contributed by atoms with Crippen LogP contribution in [0, 0.1) is 10.5 Å². The molecule has 2 rings (SSSR count). The Morgan fingerprint density at radius 3 is 2.75 bits per heavy atom. The summed E-state index contributed by atoms with van der Waals surface area (Å²) < 4.78 is 3.06. The van der Waals surface area contributed by atoms with E-state index in [4.69, 9.17) is 0 Å². The zero-order valence-corrected chi connectivity index (χ0v) is 14.0. The highest BCUT2D eigenvalue weighted by molar-refractivity contribution is 14.1. The maximum absolute atomic E-state index is 12.1. The van der Waals surface area contributed by atoms with Crippen LogP contribution in [0.4, 0.5) is 0 Å². The van der Waals surface area contributed by atoms with Crippen LogP contribution in [0.3, 0.4) is 0 Å². The summed E-state index contributed by atoms with van der Waals surface area (Å²) in [7, 11) is 0. The monoisotopic (exact) mass is 399 g/mol. The molecule has 20 heavy (non-hydrogen) atoms. The van der Waals surface area contributed by atoms with Crippen LogP contribution < -0.4 is 0 Å². The second kappa shape index (κ2) is 7.03. The normalized spacial score (nSPS) is 10.5. The molecule has 0 fully saturated rings. The van der Waals surface area contributed by atoms with Crippen molar-refractivity contribution in [1.29, 1.82) is 0 Å². The first-order valence-corrected chi connectivity index (χ1v) is 8.10. The fourth-order valence-corrected chi connectivity index (χ4v) is 2.90. The lowest BCUT2D eigenvalue weighted by atomic mass is 10.2. The van der Waals surface area contributed by atoms with E-state index >= 15 is 0 Å². The summed E-state index contributed by atoms with van der Waals surface area (Å²) in [4.78, 5) is 12.1. The molecule has 0 aliphatic carbocycles. The molecule has 0 aliphatic heterocycles. The Kier molecular flexibility index (Phi) is 5.36. The van der Waals surface area contributed by atoms with Crippen molar-refractivity contribution < 1.29 is 4.79 Å². The van der Waals surface area contributed by atoms with Gasteiger partial charge >= 0.3 is 0 Å². The number of thioether (sulfide) groups is 1. The Morgan fingerprint density at radius 2 is 2.10 bits per heavy atom. The van der Waals surface area contributed by atoms with E-state index in [9.17, 15) is 4.79 Å². The van der Waals surface area contributed by atoms with E-state index in [0.29, 0.717) is 12.3 Å². The molecule has 0 amide bonds. The topological polar surface area (TPSA) is 47.8 Å². The van der Waals surface area contributed by atoms with E-state index < -0.39 is 0 Å². The van der Waals surface area contributed by atoms with Crippen molar-refractivity contribution in [3.63, 3.8) is 0 Å². The second-order valence-electron chi connectivity index (χ2n) is 4.15. The minimum atomic E-state index is 0.0946. The Labute approximate surface area is 135 Å². The number of nitrogens with zero attached hydrogens (tertiary/aromatic N) is 3. The number of ketones is 1. The molecule has 6 heteroatoms. The predicted octanol–water partition coefficient (Wildman–Crippen LogP) is 3.35. The van der Waals surface area contributed by atoms with Crippen LogP contribution in [0.25, 0.3) is 0 Å². The molecule has 1 heterocycles. The van der Waals surface area contributed by atoms with E-state index in [1.165, 1.54) is 11.8 Å². The lowest BCUT2D eigenvalue weighted by Gasteiger charge is -2.05. The molecule has 0 atom stereocenters. The van der Waals surface area contributed by atoms with Crippen molar-refractivity contribution in [3.05, 3.63) is 51.9 Å². The minimum Gasteiger partial charge on any atom is -0.302 e. The Hall–Kier alpha value is -1.15. The first-order valence-electron chi connectivity index (χ1n) is 6.04. The van der Waals surface area contributed by atoms with Crippen molar-refractivity contribution in [1.82, 2.24) is 14.8 Å². The van der Waals surface area contributed by atoms with Crippen LogP contribution in [0.5, 0.6) is 0 Å². The van der Waals surface area contributed by atoms with Gasteiger partial charge < -0.3 is 4.57 Å². The fraction of sp³-hybridized carbons (Fsp3) is 0.214. The van der Waals surface area contributed by atoms with Crippen molar-refractivity contribution >= 4 is 40.1 Å². The molecule has 0 aliphatic rings. The van der Waals surface area contributed by atoms with E-state index in [-0.39, 0.29) is 5.78 Å². The number of Topliss-reactive ketones (excluding diaryl/α,β-unsaturated/α-hetero) is 1. The average Bonchev–Trinajstić information content (AvgIpc) is 2.79. The SMILES string of the molecule is C=CCn1c(C)nnc1SCC(=O)c1ccc(I)cc1. The molecule has 0 N–H and O–H groups in total. The van der Waals surface area contributed by atoms with Gasteiger partial charge in [0.15, 0.2) is 10.9 Å². The zero-order chi connectivity index (χ0) is 14.5. The number of hydrogen-bond acceptors (Lipinski definition) is 4. The molecular formula is C14H14IN3OS. The van der Waals surface area contributed by atoms with Crippen LogP contribution in [-0.4, -0.2) is 26.3 Å².